The molecule has 6 nitrogen and oxygen atoms in total. The maximum atomic E-state index is 13.1. The summed E-state index contributed by atoms with van der Waals surface area (Å²) in [6, 6.07) is 15.5. The molecule has 1 aromatic carbocycles. The third-order valence-corrected chi connectivity index (χ3v) is 5.41. The van der Waals surface area contributed by atoms with Gasteiger partial charge < -0.3 is 14.6 Å². The molecule has 2 unspecified atom stereocenters. The smallest absolute Gasteiger partial charge is 0.229 e. The van der Waals surface area contributed by atoms with Gasteiger partial charge in [-0.05, 0) is 49.4 Å². The number of carbonyl (C=O) groups excluding carboxylic acids is 1. The number of hydrogen-bond acceptors (Lipinski definition) is 5. The third kappa shape index (κ3) is 4.31. The Morgan fingerprint density at radius 2 is 2.07 bits per heavy atom. The summed E-state index contributed by atoms with van der Waals surface area (Å²) < 4.78 is 5.47. The number of hydrogen-bond donors (Lipinski definition) is 1. The van der Waals surface area contributed by atoms with Gasteiger partial charge >= 0.3 is 0 Å². The second-order valence-electron chi connectivity index (χ2n) is 7.30. The van der Waals surface area contributed by atoms with Crippen molar-refractivity contribution in [2.45, 2.75) is 44.7 Å². The molecule has 2 atom stereocenters. The van der Waals surface area contributed by atoms with Crippen LogP contribution >= 0.6 is 0 Å². The van der Waals surface area contributed by atoms with Gasteiger partial charge in [0, 0.05) is 12.7 Å². The molecule has 1 aliphatic heterocycles. The second-order valence-corrected chi connectivity index (χ2v) is 7.30. The van der Waals surface area contributed by atoms with Gasteiger partial charge in [-0.25, -0.2) is 9.97 Å². The normalized spacial score (nSPS) is 17.7. The van der Waals surface area contributed by atoms with Crippen LogP contribution in [-0.2, 0) is 4.79 Å². The van der Waals surface area contributed by atoms with E-state index < -0.39 is 0 Å². The van der Waals surface area contributed by atoms with E-state index in [0.29, 0.717) is 11.7 Å². The Kier molecular flexibility index (Phi) is 5.89. The molecule has 1 amide bonds. The van der Waals surface area contributed by atoms with Gasteiger partial charge in [-0.1, -0.05) is 37.3 Å². The highest BCUT2D eigenvalue weighted by Gasteiger charge is 2.29. The first kappa shape index (κ1) is 19.2. The molecule has 6 heteroatoms. The average molecular weight is 390 g/mol. The molecule has 0 radical (unpaired) electrons. The van der Waals surface area contributed by atoms with Crippen LogP contribution < -0.4 is 10.2 Å². The van der Waals surface area contributed by atoms with E-state index >= 15 is 0 Å². The number of anilines is 1. The Bertz CT molecular complexity index is 927. The summed E-state index contributed by atoms with van der Waals surface area (Å²) in [5, 5.41) is 3.25. The molecule has 1 N–H and O–H groups in total. The molecular formula is C23H26N4O2. The summed E-state index contributed by atoms with van der Waals surface area (Å²) in [7, 11) is 0. The van der Waals surface area contributed by atoms with E-state index in [2.05, 4.69) is 20.2 Å². The van der Waals surface area contributed by atoms with Crippen molar-refractivity contribution < 1.29 is 9.21 Å². The highest BCUT2D eigenvalue weighted by molar-refractivity contribution is 5.84. The Balaban J connectivity index is 1.53. The van der Waals surface area contributed by atoms with Gasteiger partial charge in [0.05, 0.1) is 12.2 Å². The lowest BCUT2D eigenvalue weighted by Gasteiger charge is -2.36. The fourth-order valence-electron chi connectivity index (χ4n) is 3.89. The van der Waals surface area contributed by atoms with E-state index in [1.54, 1.807) is 12.5 Å². The standard InChI is InChI=1S/C23H26N4O2/c1-2-18(17-9-4-3-5-10-17)22(28)26-21-12-6-7-15-27(21)23-24-14-13-19(25-23)20-11-8-16-29-20/h3-5,8-11,13-14,16,18,21H,2,6-7,12,15H2,1H3,(H,26,28). The number of carbonyl (C=O) groups is 1. The van der Waals surface area contributed by atoms with Crippen LogP contribution in [0.2, 0.25) is 0 Å². The molecule has 0 spiro atoms. The molecule has 3 heterocycles. The van der Waals surface area contributed by atoms with Gasteiger partial charge in [-0.3, -0.25) is 4.79 Å². The van der Waals surface area contributed by atoms with Crippen molar-refractivity contribution in [1.29, 1.82) is 0 Å². The maximum absolute atomic E-state index is 13.1. The van der Waals surface area contributed by atoms with Crippen molar-refractivity contribution >= 4 is 11.9 Å². The molecule has 3 aromatic rings. The maximum Gasteiger partial charge on any atom is 0.229 e. The molecule has 29 heavy (non-hydrogen) atoms. The quantitative estimate of drug-likeness (QED) is 0.677. The van der Waals surface area contributed by atoms with Crippen molar-refractivity contribution in [3.63, 3.8) is 0 Å². The molecule has 0 saturated carbocycles. The summed E-state index contributed by atoms with van der Waals surface area (Å²) in [6.07, 6.45) is 7.03. The van der Waals surface area contributed by atoms with Crippen LogP contribution in [0, 0.1) is 0 Å². The van der Waals surface area contributed by atoms with Crippen LogP contribution in [0.4, 0.5) is 5.95 Å². The van der Waals surface area contributed by atoms with E-state index in [0.717, 1.165) is 43.5 Å². The number of nitrogens with one attached hydrogen (secondary N) is 1. The first-order valence-corrected chi connectivity index (χ1v) is 10.2. The lowest BCUT2D eigenvalue weighted by Crippen LogP contribution is -2.52. The number of aromatic nitrogens is 2. The first-order valence-electron chi connectivity index (χ1n) is 10.2. The highest BCUT2D eigenvalue weighted by Crippen LogP contribution is 2.25. The Morgan fingerprint density at radius 3 is 2.83 bits per heavy atom. The van der Waals surface area contributed by atoms with E-state index in [9.17, 15) is 4.79 Å². The minimum Gasteiger partial charge on any atom is -0.463 e. The van der Waals surface area contributed by atoms with E-state index in [1.807, 2.05) is 55.5 Å². The number of rotatable bonds is 6. The van der Waals surface area contributed by atoms with Crippen LogP contribution in [0.5, 0.6) is 0 Å². The predicted octanol–water partition coefficient (Wildman–Crippen LogP) is 4.36. The van der Waals surface area contributed by atoms with Gasteiger partial charge in [0.2, 0.25) is 11.9 Å². The molecule has 0 bridgehead atoms. The Morgan fingerprint density at radius 1 is 1.21 bits per heavy atom. The van der Waals surface area contributed by atoms with Crippen LogP contribution in [0.25, 0.3) is 11.5 Å². The minimum absolute atomic E-state index is 0.0535. The number of piperidine rings is 1. The topological polar surface area (TPSA) is 71.3 Å². The summed E-state index contributed by atoms with van der Waals surface area (Å²) >= 11 is 0. The van der Waals surface area contributed by atoms with Gasteiger partial charge in [0.25, 0.3) is 0 Å². The fraction of sp³-hybridized carbons (Fsp3) is 0.348. The molecule has 1 fully saturated rings. The third-order valence-electron chi connectivity index (χ3n) is 5.41. The van der Waals surface area contributed by atoms with E-state index in [4.69, 9.17) is 4.42 Å². The van der Waals surface area contributed by atoms with Crippen LogP contribution in [0.3, 0.4) is 0 Å². The van der Waals surface area contributed by atoms with Gasteiger partial charge in [-0.2, -0.15) is 0 Å². The summed E-state index contributed by atoms with van der Waals surface area (Å²) in [5.74, 6) is 1.23. The van der Waals surface area contributed by atoms with Crippen LogP contribution in [-0.4, -0.2) is 28.6 Å². The zero-order valence-corrected chi connectivity index (χ0v) is 16.6. The lowest BCUT2D eigenvalue weighted by atomic mass is 9.95. The lowest BCUT2D eigenvalue weighted by molar-refractivity contribution is -0.123. The molecule has 0 aliphatic carbocycles. The summed E-state index contributed by atoms with van der Waals surface area (Å²) in [6.45, 7) is 2.86. The van der Waals surface area contributed by atoms with E-state index in [1.165, 1.54) is 0 Å². The SMILES string of the molecule is CCC(C(=O)NC1CCCCN1c1nccc(-c2ccco2)n1)c1ccccc1. The summed E-state index contributed by atoms with van der Waals surface area (Å²) in [5.41, 5.74) is 1.79. The fourth-order valence-corrected chi connectivity index (χ4v) is 3.89. The van der Waals surface area contributed by atoms with Crippen molar-refractivity contribution in [2.24, 2.45) is 0 Å². The number of nitrogens with zero attached hydrogens (tertiary/aromatic N) is 3. The second kappa shape index (κ2) is 8.90. The van der Waals surface area contributed by atoms with Gasteiger partial charge in [0.1, 0.15) is 11.9 Å². The van der Waals surface area contributed by atoms with Crippen LogP contribution in [0.15, 0.2) is 65.4 Å². The van der Waals surface area contributed by atoms with Gasteiger partial charge in [-0.15, -0.1) is 0 Å². The van der Waals surface area contributed by atoms with E-state index in [-0.39, 0.29) is 18.0 Å². The Hall–Kier alpha value is -3.15. The molecule has 2 aromatic heterocycles. The van der Waals surface area contributed by atoms with Crippen molar-refractivity contribution in [3.05, 3.63) is 66.6 Å². The molecule has 1 saturated heterocycles. The number of benzene rings is 1. The number of furan rings is 1. The predicted molar refractivity (Wildman–Crippen MR) is 112 cm³/mol. The molecule has 4 rings (SSSR count). The monoisotopic (exact) mass is 390 g/mol. The first-order chi connectivity index (χ1) is 14.3. The van der Waals surface area contributed by atoms with Crippen molar-refractivity contribution in [2.75, 3.05) is 11.4 Å². The van der Waals surface area contributed by atoms with Crippen LogP contribution in [0.1, 0.15) is 44.1 Å². The van der Waals surface area contributed by atoms with Crippen molar-refractivity contribution in [3.8, 4) is 11.5 Å². The zero-order valence-electron chi connectivity index (χ0n) is 16.6. The van der Waals surface area contributed by atoms with Crippen molar-refractivity contribution in [1.82, 2.24) is 15.3 Å². The zero-order chi connectivity index (χ0) is 20.1. The average Bonchev–Trinajstić information content (AvgIpc) is 3.31. The molecular weight excluding hydrogens is 364 g/mol. The Labute approximate surface area is 171 Å². The molecule has 1 aliphatic rings. The largest absolute Gasteiger partial charge is 0.463 e. The highest BCUT2D eigenvalue weighted by atomic mass is 16.3. The minimum atomic E-state index is -0.157. The van der Waals surface area contributed by atoms with Gasteiger partial charge in [0.15, 0.2) is 5.76 Å². The summed E-state index contributed by atoms with van der Waals surface area (Å²) in [4.78, 5) is 24.3. The molecule has 150 valence electrons. The number of amides is 1.